The molecule has 170 valence electrons. The minimum atomic E-state index is -4.83. The molecule has 0 radical (unpaired) electrons. The van der Waals surface area contributed by atoms with Crippen LogP contribution in [-0.2, 0) is 20.9 Å². The molecular formula is C20H22ClF3N2O5. The van der Waals surface area contributed by atoms with E-state index >= 15 is 0 Å². The summed E-state index contributed by atoms with van der Waals surface area (Å²) in [6, 6.07) is 3.85. The quantitative estimate of drug-likeness (QED) is 0.687. The van der Waals surface area contributed by atoms with Crippen LogP contribution in [-0.4, -0.2) is 73.0 Å². The molecule has 4 rings (SSSR count). The summed E-state index contributed by atoms with van der Waals surface area (Å²) in [5.41, 5.74) is 0.218. The number of likely N-dealkylation sites (tertiary alicyclic amines) is 2. The van der Waals surface area contributed by atoms with Gasteiger partial charge in [0.1, 0.15) is 12.4 Å². The lowest BCUT2D eigenvalue weighted by Crippen LogP contribution is -2.61. The van der Waals surface area contributed by atoms with Crippen LogP contribution in [0.1, 0.15) is 18.4 Å². The summed E-state index contributed by atoms with van der Waals surface area (Å²) in [6.45, 7) is 1.81. The first-order valence-electron chi connectivity index (χ1n) is 10.0. The Hall–Kier alpha value is -2.04. The van der Waals surface area contributed by atoms with E-state index in [0.29, 0.717) is 39.0 Å². The number of Topliss-reactive ketones (excluding diaryl/α,β-unsaturated/α-hetero) is 1. The molecule has 3 heterocycles. The minimum absolute atomic E-state index is 0.0294. The maximum Gasteiger partial charge on any atom is 0.573 e. The number of nitrogens with zero attached hydrogens (tertiary/aromatic N) is 2. The zero-order valence-electron chi connectivity index (χ0n) is 16.6. The predicted molar refractivity (Wildman–Crippen MR) is 103 cm³/mol. The highest BCUT2D eigenvalue weighted by Gasteiger charge is 2.40. The van der Waals surface area contributed by atoms with Gasteiger partial charge >= 0.3 is 12.4 Å². The minimum Gasteiger partial charge on any atom is -0.405 e. The number of carbonyl (C=O) groups excluding carboxylic acids is 2. The van der Waals surface area contributed by atoms with Gasteiger partial charge in [-0.3, -0.25) is 4.79 Å². The number of ether oxygens (including phenoxy) is 3. The van der Waals surface area contributed by atoms with E-state index in [2.05, 4.69) is 4.74 Å². The van der Waals surface area contributed by atoms with E-state index in [1.54, 1.807) is 9.80 Å². The van der Waals surface area contributed by atoms with E-state index in [9.17, 15) is 22.8 Å². The Bertz CT molecular complexity index is 847. The van der Waals surface area contributed by atoms with E-state index in [4.69, 9.17) is 21.1 Å². The second kappa shape index (κ2) is 8.84. The second-order valence-corrected chi connectivity index (χ2v) is 8.44. The molecule has 0 aliphatic carbocycles. The Morgan fingerprint density at radius 1 is 1.23 bits per heavy atom. The van der Waals surface area contributed by atoms with Gasteiger partial charge in [-0.25, -0.2) is 4.79 Å². The maximum atomic E-state index is 12.7. The van der Waals surface area contributed by atoms with Gasteiger partial charge in [-0.2, -0.15) is 0 Å². The third-order valence-corrected chi connectivity index (χ3v) is 5.97. The lowest BCUT2D eigenvalue weighted by molar-refractivity contribution is -0.275. The fraction of sp³-hybridized carbons (Fsp3) is 0.600. The number of halogens is 4. The van der Waals surface area contributed by atoms with Crippen molar-refractivity contribution in [2.75, 3.05) is 32.8 Å². The first-order chi connectivity index (χ1) is 14.7. The van der Waals surface area contributed by atoms with Crippen molar-refractivity contribution < 1.29 is 37.0 Å². The summed E-state index contributed by atoms with van der Waals surface area (Å²) in [6.07, 6.45) is -3.95. The lowest BCUT2D eigenvalue weighted by atomic mass is 9.88. The SMILES string of the molecule is O=C1CO[C@H]2CCN(C(=O)N3CC(OCc4ccc(Cl)cc4OC(F)(F)F)C3)C[C@H]2C1. The van der Waals surface area contributed by atoms with Gasteiger partial charge in [0, 0.05) is 36.0 Å². The molecule has 3 aliphatic heterocycles. The number of amides is 2. The number of benzene rings is 1. The molecule has 31 heavy (non-hydrogen) atoms. The number of alkyl halides is 3. The molecule has 7 nitrogen and oxygen atoms in total. The van der Waals surface area contributed by atoms with E-state index in [-0.39, 0.29) is 53.7 Å². The number of rotatable bonds is 4. The van der Waals surface area contributed by atoms with Crippen molar-refractivity contribution in [2.45, 2.75) is 38.0 Å². The van der Waals surface area contributed by atoms with E-state index in [1.165, 1.54) is 12.1 Å². The van der Waals surface area contributed by atoms with E-state index in [1.807, 2.05) is 0 Å². The Morgan fingerprint density at radius 3 is 2.74 bits per heavy atom. The predicted octanol–water partition coefficient (Wildman–Crippen LogP) is 3.24. The smallest absolute Gasteiger partial charge is 0.405 e. The second-order valence-electron chi connectivity index (χ2n) is 8.01. The number of piperidine rings is 1. The molecule has 0 bridgehead atoms. The zero-order valence-corrected chi connectivity index (χ0v) is 17.3. The van der Waals surface area contributed by atoms with Crippen molar-refractivity contribution in [1.82, 2.24) is 9.80 Å². The third-order valence-electron chi connectivity index (χ3n) is 5.73. The summed E-state index contributed by atoms with van der Waals surface area (Å²) < 4.78 is 53.0. The van der Waals surface area contributed by atoms with Crippen molar-refractivity contribution in [3.63, 3.8) is 0 Å². The van der Waals surface area contributed by atoms with Crippen molar-refractivity contribution in [2.24, 2.45) is 5.92 Å². The van der Waals surface area contributed by atoms with Gasteiger partial charge in [0.15, 0.2) is 5.78 Å². The molecule has 0 N–H and O–H groups in total. The largest absolute Gasteiger partial charge is 0.573 e. The lowest BCUT2D eigenvalue weighted by Gasteiger charge is -2.45. The normalized spacial score (nSPS) is 24.6. The summed E-state index contributed by atoms with van der Waals surface area (Å²) in [5.74, 6) is -0.312. The van der Waals surface area contributed by atoms with Crippen molar-refractivity contribution in [3.05, 3.63) is 28.8 Å². The summed E-state index contributed by atoms with van der Waals surface area (Å²) in [7, 11) is 0. The number of hydrogen-bond acceptors (Lipinski definition) is 5. The van der Waals surface area contributed by atoms with Crippen molar-refractivity contribution in [3.8, 4) is 5.75 Å². The van der Waals surface area contributed by atoms with Crippen molar-refractivity contribution in [1.29, 1.82) is 0 Å². The Kier molecular flexibility index (Phi) is 6.32. The fourth-order valence-electron chi connectivity index (χ4n) is 4.13. The van der Waals surface area contributed by atoms with Gasteiger partial charge in [0.25, 0.3) is 0 Å². The highest BCUT2D eigenvalue weighted by molar-refractivity contribution is 6.30. The summed E-state index contributed by atoms with van der Waals surface area (Å²) in [4.78, 5) is 27.7. The van der Waals surface area contributed by atoms with Crippen LogP contribution in [0.25, 0.3) is 0 Å². The van der Waals surface area contributed by atoms with Gasteiger partial charge in [0.05, 0.1) is 31.9 Å². The third kappa shape index (κ3) is 5.42. The standard InChI is InChI=1S/C20H22ClF3N2O5/c21-14-2-1-12(18(6-14)31-20(22,23)24)10-29-16-8-26(9-16)19(28)25-4-3-17-13(7-25)5-15(27)11-30-17/h1-2,6,13,16-17H,3-5,7-11H2/t13-,17+/m1/s1. The highest BCUT2D eigenvalue weighted by atomic mass is 35.5. The van der Waals surface area contributed by atoms with Crippen molar-refractivity contribution >= 4 is 23.4 Å². The molecule has 0 unspecified atom stereocenters. The first kappa shape index (κ1) is 22.2. The first-order valence-corrected chi connectivity index (χ1v) is 10.4. The topological polar surface area (TPSA) is 68.3 Å². The molecule has 0 saturated carbocycles. The molecule has 2 atom stereocenters. The number of urea groups is 1. The van der Waals surface area contributed by atoms with Gasteiger partial charge in [-0.15, -0.1) is 13.2 Å². The molecule has 0 spiro atoms. The van der Waals surface area contributed by atoms with Crippen LogP contribution in [0.3, 0.4) is 0 Å². The summed E-state index contributed by atoms with van der Waals surface area (Å²) >= 11 is 5.76. The molecule has 1 aromatic rings. The number of ketones is 1. The van der Waals surface area contributed by atoms with Crippen LogP contribution >= 0.6 is 11.6 Å². The molecule has 3 saturated heterocycles. The van der Waals surface area contributed by atoms with E-state index < -0.39 is 12.1 Å². The van der Waals surface area contributed by atoms with Gasteiger partial charge in [0.2, 0.25) is 0 Å². The Balaban J connectivity index is 1.26. The fourth-order valence-corrected chi connectivity index (χ4v) is 4.29. The van der Waals surface area contributed by atoms with Gasteiger partial charge in [-0.05, 0) is 18.6 Å². The molecule has 1 aromatic carbocycles. The van der Waals surface area contributed by atoms with Gasteiger partial charge < -0.3 is 24.0 Å². The van der Waals surface area contributed by atoms with Crippen LogP contribution in [0.15, 0.2) is 18.2 Å². The van der Waals surface area contributed by atoms with Crippen LogP contribution in [0.5, 0.6) is 5.75 Å². The maximum absolute atomic E-state index is 12.7. The highest BCUT2D eigenvalue weighted by Crippen LogP contribution is 2.31. The molecule has 3 fully saturated rings. The molecule has 3 aliphatic rings. The monoisotopic (exact) mass is 462 g/mol. The summed E-state index contributed by atoms with van der Waals surface area (Å²) in [5, 5.41) is 0.122. The zero-order chi connectivity index (χ0) is 22.2. The van der Waals surface area contributed by atoms with Gasteiger partial charge in [-0.1, -0.05) is 17.7 Å². The Labute approximate surface area is 182 Å². The van der Waals surface area contributed by atoms with Crippen LogP contribution in [0, 0.1) is 5.92 Å². The average molecular weight is 463 g/mol. The van der Waals surface area contributed by atoms with Crippen LogP contribution < -0.4 is 4.74 Å². The average Bonchev–Trinajstić information content (AvgIpc) is 2.66. The number of hydrogen-bond donors (Lipinski definition) is 0. The molecule has 11 heteroatoms. The molecule has 2 amide bonds. The van der Waals surface area contributed by atoms with Crippen LogP contribution in [0.4, 0.5) is 18.0 Å². The molecule has 0 aromatic heterocycles. The molecular weight excluding hydrogens is 441 g/mol. The number of carbonyl (C=O) groups is 2. The van der Waals surface area contributed by atoms with E-state index in [0.717, 1.165) is 6.07 Å². The number of fused-ring (bicyclic) bond motifs is 1. The Morgan fingerprint density at radius 2 is 2.00 bits per heavy atom. The van der Waals surface area contributed by atoms with Crippen LogP contribution in [0.2, 0.25) is 5.02 Å².